The average Bonchev–Trinajstić information content (AvgIpc) is 2.64. The highest BCUT2D eigenvalue weighted by atomic mass is 32.2. The Morgan fingerprint density at radius 1 is 0.577 bits per heavy atom. The second-order valence-electron chi connectivity index (χ2n) is 5.49. The molecule has 0 aromatic heterocycles. The molecule has 0 atom stereocenters. The van der Waals surface area contributed by atoms with Gasteiger partial charge in [-0.3, -0.25) is 0 Å². The monoisotopic (exact) mass is 428 g/mol. The molecule has 0 unspecified atom stereocenters. The Morgan fingerprint density at radius 3 is 1.38 bits per heavy atom. The maximum absolute atomic E-state index is 5.95. The average molecular weight is 429 g/mol. The Kier molecular flexibility index (Phi) is 9.23. The number of hydrogen-bond acceptors (Lipinski definition) is 8. The van der Waals surface area contributed by atoms with Crippen molar-refractivity contribution in [3.63, 3.8) is 0 Å². The van der Waals surface area contributed by atoms with Crippen LogP contribution in [0.3, 0.4) is 0 Å². The summed E-state index contributed by atoms with van der Waals surface area (Å²) in [7, 11) is 0. The van der Waals surface area contributed by atoms with Crippen molar-refractivity contribution in [2.45, 2.75) is 33.4 Å². The first-order valence-electron chi connectivity index (χ1n) is 7.76. The highest BCUT2D eigenvalue weighted by Crippen LogP contribution is 2.38. The topological polar surface area (TPSA) is 104 Å². The minimum Gasteiger partial charge on any atom is -0.398 e. The molecule has 4 nitrogen and oxygen atoms in total. The molecule has 26 heavy (non-hydrogen) atoms. The van der Waals surface area contributed by atoms with Gasteiger partial charge in [-0.05, 0) is 62.1 Å². The molecule has 8 N–H and O–H groups in total. The van der Waals surface area contributed by atoms with Gasteiger partial charge < -0.3 is 22.9 Å². The van der Waals surface area contributed by atoms with Crippen molar-refractivity contribution in [1.82, 2.24) is 0 Å². The van der Waals surface area contributed by atoms with Crippen LogP contribution in [0.25, 0.3) is 0 Å². The van der Waals surface area contributed by atoms with Gasteiger partial charge in [-0.15, -0.1) is 47.0 Å². The van der Waals surface area contributed by atoms with Gasteiger partial charge in [0.1, 0.15) is 0 Å². The lowest BCUT2D eigenvalue weighted by atomic mass is 10.1. The van der Waals surface area contributed by atoms with Gasteiger partial charge in [-0.25, -0.2) is 0 Å². The third kappa shape index (κ3) is 5.06. The minimum absolute atomic E-state index is 0.808. The summed E-state index contributed by atoms with van der Waals surface area (Å²) in [5, 5.41) is 0. The first-order chi connectivity index (χ1) is 12.2. The van der Waals surface area contributed by atoms with Crippen molar-refractivity contribution in [3.8, 4) is 0 Å². The van der Waals surface area contributed by atoms with Crippen molar-refractivity contribution < 1.29 is 0 Å². The Labute approximate surface area is 174 Å². The fourth-order valence-electron chi connectivity index (χ4n) is 2.30. The van der Waals surface area contributed by atoms with Crippen molar-refractivity contribution in [2.75, 3.05) is 48.0 Å². The molecule has 0 aliphatic rings. The smallest absolute Gasteiger partial charge is 0.0611 e. The van der Waals surface area contributed by atoms with Crippen molar-refractivity contribution >= 4 is 69.8 Å². The summed E-state index contributed by atoms with van der Waals surface area (Å²) in [6, 6.07) is 4.09. The zero-order chi connectivity index (χ0) is 20.0. The van der Waals surface area contributed by atoms with Crippen LogP contribution >= 0.6 is 47.0 Å². The molecule has 2 rings (SSSR count). The Morgan fingerprint density at radius 2 is 1.00 bits per heavy atom. The van der Waals surface area contributed by atoms with Crippen LogP contribution in [-0.2, 0) is 0 Å². The van der Waals surface area contributed by atoms with Gasteiger partial charge in [0.15, 0.2) is 0 Å². The third-order valence-electron chi connectivity index (χ3n) is 3.99. The number of hydrogen-bond donors (Lipinski definition) is 4. The molecule has 2 aromatic carbocycles. The molecule has 0 heterocycles. The predicted molar refractivity (Wildman–Crippen MR) is 127 cm³/mol. The van der Waals surface area contributed by atoms with Gasteiger partial charge in [0.25, 0.3) is 0 Å². The second-order valence-corrected chi connectivity index (χ2v) is 8.85. The predicted octanol–water partition coefficient (Wildman–Crippen LogP) is 5.21. The van der Waals surface area contributed by atoms with Crippen LogP contribution in [0.4, 0.5) is 22.7 Å². The number of rotatable bonds is 4. The molecule has 0 radical (unpaired) electrons. The zero-order valence-electron chi connectivity index (χ0n) is 16.1. The molecule has 0 aliphatic heterocycles. The van der Waals surface area contributed by atoms with E-state index in [2.05, 4.69) is 0 Å². The summed E-state index contributed by atoms with van der Waals surface area (Å²) < 4.78 is 0. The Bertz CT molecular complexity index is 748. The maximum atomic E-state index is 5.95. The summed E-state index contributed by atoms with van der Waals surface area (Å²) in [4.78, 5) is 4.33. The van der Waals surface area contributed by atoms with Gasteiger partial charge in [0.05, 0.1) is 27.6 Å². The van der Waals surface area contributed by atoms with Crippen molar-refractivity contribution in [1.29, 1.82) is 0 Å². The number of aryl methyl sites for hydroxylation is 1. The van der Waals surface area contributed by atoms with E-state index in [-0.39, 0.29) is 0 Å². The molecule has 0 spiro atoms. The van der Waals surface area contributed by atoms with E-state index in [1.165, 1.54) is 0 Å². The van der Waals surface area contributed by atoms with Gasteiger partial charge in [-0.2, -0.15) is 0 Å². The summed E-state index contributed by atoms with van der Waals surface area (Å²) in [5.41, 5.74) is 29.0. The van der Waals surface area contributed by atoms with Crippen LogP contribution in [0.2, 0.25) is 0 Å². The fraction of sp³-hybridized carbons (Fsp3) is 0.333. The number of anilines is 4. The Balaban J connectivity index is 0.000000260. The number of nitrogens with two attached hydrogens (primary N) is 4. The van der Waals surface area contributed by atoms with E-state index in [9.17, 15) is 0 Å². The minimum atomic E-state index is 0.808. The van der Waals surface area contributed by atoms with Gasteiger partial charge in [0.2, 0.25) is 0 Å². The SMILES string of the molecule is CSc1cc(C)c(N)c(SC)c1N.CSc1cc(SC)c(N)c(C)c1N. The lowest BCUT2D eigenvalue weighted by Gasteiger charge is -2.12. The molecule has 0 aliphatic carbocycles. The quantitative estimate of drug-likeness (QED) is 0.389. The molecule has 0 fully saturated rings. The lowest BCUT2D eigenvalue weighted by Crippen LogP contribution is -1.99. The lowest BCUT2D eigenvalue weighted by molar-refractivity contribution is 1.28. The molecular weight excluding hydrogens is 400 g/mol. The number of benzene rings is 2. The maximum Gasteiger partial charge on any atom is 0.0611 e. The molecule has 0 saturated heterocycles. The number of nitrogen functional groups attached to an aromatic ring is 4. The van der Waals surface area contributed by atoms with Crippen molar-refractivity contribution in [3.05, 3.63) is 23.3 Å². The van der Waals surface area contributed by atoms with E-state index in [0.29, 0.717) is 0 Å². The van der Waals surface area contributed by atoms with E-state index in [1.54, 1.807) is 47.0 Å². The fourth-order valence-corrected chi connectivity index (χ4v) is 4.99. The van der Waals surface area contributed by atoms with E-state index in [0.717, 1.165) is 53.5 Å². The molecule has 8 heteroatoms. The standard InChI is InChI=1S/2C9H14N2S2/c1-5-8(10)6(12-2)4-7(13-3)9(5)11;1-5-4-6(12-2)8(11)9(13-3)7(5)10/h2*4H,10-11H2,1-3H3. The van der Waals surface area contributed by atoms with E-state index in [4.69, 9.17) is 22.9 Å². The van der Waals surface area contributed by atoms with Crippen LogP contribution in [0.15, 0.2) is 31.7 Å². The first kappa shape index (κ1) is 23.1. The second kappa shape index (κ2) is 10.4. The van der Waals surface area contributed by atoms with Gasteiger partial charge >= 0.3 is 0 Å². The highest BCUT2D eigenvalue weighted by molar-refractivity contribution is 8.00. The van der Waals surface area contributed by atoms with E-state index >= 15 is 0 Å². The molecule has 144 valence electrons. The van der Waals surface area contributed by atoms with Gasteiger partial charge in [0, 0.05) is 14.7 Å². The first-order valence-corrected chi connectivity index (χ1v) is 12.7. The van der Waals surface area contributed by atoms with Crippen molar-refractivity contribution in [2.24, 2.45) is 0 Å². The molecule has 0 amide bonds. The molecule has 0 bridgehead atoms. The largest absolute Gasteiger partial charge is 0.398 e. The van der Waals surface area contributed by atoms with Crippen LogP contribution < -0.4 is 22.9 Å². The third-order valence-corrected chi connectivity index (χ3v) is 7.17. The summed E-state index contributed by atoms with van der Waals surface area (Å²) in [5.74, 6) is 0. The summed E-state index contributed by atoms with van der Waals surface area (Å²) in [6.07, 6.45) is 8.05. The van der Waals surface area contributed by atoms with Crippen LogP contribution in [-0.4, -0.2) is 25.0 Å². The summed E-state index contributed by atoms with van der Waals surface area (Å²) >= 11 is 6.56. The van der Waals surface area contributed by atoms with E-state index in [1.807, 2.05) is 51.0 Å². The molecule has 2 aromatic rings. The van der Waals surface area contributed by atoms with Gasteiger partial charge in [-0.1, -0.05) is 0 Å². The normalized spacial score (nSPS) is 10.4. The number of thioether (sulfide) groups is 4. The molecule has 0 saturated carbocycles. The Hall–Kier alpha value is -0.960. The van der Waals surface area contributed by atoms with Crippen LogP contribution in [0, 0.1) is 13.8 Å². The van der Waals surface area contributed by atoms with Crippen LogP contribution in [0.1, 0.15) is 11.1 Å². The van der Waals surface area contributed by atoms with E-state index < -0.39 is 0 Å². The highest BCUT2D eigenvalue weighted by Gasteiger charge is 2.10. The zero-order valence-corrected chi connectivity index (χ0v) is 19.4. The molecular formula is C18H28N4S4. The summed E-state index contributed by atoms with van der Waals surface area (Å²) in [6.45, 7) is 3.97. The van der Waals surface area contributed by atoms with Crippen LogP contribution in [0.5, 0.6) is 0 Å².